The van der Waals surface area contributed by atoms with Crippen LogP contribution in [0, 0.1) is 0 Å². The van der Waals surface area contributed by atoms with Gasteiger partial charge < -0.3 is 19.3 Å². The number of aromatic hydroxyl groups is 1. The summed E-state index contributed by atoms with van der Waals surface area (Å²) in [4.78, 5) is 11.4. The molecule has 5 nitrogen and oxygen atoms in total. The van der Waals surface area contributed by atoms with Crippen LogP contribution in [-0.2, 0) is 9.53 Å². The number of carbonyl (C=O) groups is 1. The summed E-state index contributed by atoms with van der Waals surface area (Å²) in [5.41, 5.74) is 0.557. The Morgan fingerprint density at radius 1 is 1.26 bits per heavy atom. The average Bonchev–Trinajstić information content (AvgIpc) is 2.35. The molecule has 1 N–H and O–H groups in total. The molecule has 1 aromatic rings. The first-order chi connectivity index (χ1) is 8.99. The van der Waals surface area contributed by atoms with Gasteiger partial charge in [-0.05, 0) is 32.1 Å². The first kappa shape index (κ1) is 14.9. The van der Waals surface area contributed by atoms with Gasteiger partial charge in [0.25, 0.3) is 0 Å². The molecule has 0 radical (unpaired) electrons. The molecule has 5 heteroatoms. The van der Waals surface area contributed by atoms with E-state index < -0.39 is 5.97 Å². The molecule has 0 unspecified atom stereocenters. The minimum atomic E-state index is -0.452. The third kappa shape index (κ3) is 3.91. The molecule has 0 spiro atoms. The van der Waals surface area contributed by atoms with E-state index in [4.69, 9.17) is 14.2 Å². The van der Waals surface area contributed by atoms with Crippen LogP contribution in [0.2, 0.25) is 0 Å². The van der Waals surface area contributed by atoms with Crippen molar-refractivity contribution >= 4 is 12.0 Å². The third-order valence-corrected chi connectivity index (χ3v) is 2.30. The minimum absolute atomic E-state index is 0.107. The number of benzene rings is 1. The van der Waals surface area contributed by atoms with Gasteiger partial charge in [0.1, 0.15) is 0 Å². The molecule has 0 aliphatic carbocycles. The number of rotatable bonds is 5. The predicted molar refractivity (Wildman–Crippen MR) is 71.5 cm³/mol. The Balaban J connectivity index is 2.98. The van der Waals surface area contributed by atoms with E-state index in [1.165, 1.54) is 26.4 Å². The van der Waals surface area contributed by atoms with Crippen molar-refractivity contribution in [2.75, 3.05) is 14.2 Å². The van der Waals surface area contributed by atoms with Crippen LogP contribution in [-0.4, -0.2) is 31.4 Å². The Bertz CT molecular complexity index is 477. The number of methoxy groups -OCH3 is 2. The maximum absolute atomic E-state index is 11.4. The van der Waals surface area contributed by atoms with Gasteiger partial charge in [0, 0.05) is 11.6 Å². The summed E-state index contributed by atoms with van der Waals surface area (Å²) in [5, 5.41) is 9.88. The van der Waals surface area contributed by atoms with E-state index in [9.17, 15) is 9.90 Å². The number of hydrogen-bond donors (Lipinski definition) is 1. The second-order valence-corrected chi connectivity index (χ2v) is 4.06. The van der Waals surface area contributed by atoms with Crippen LogP contribution in [0.4, 0.5) is 0 Å². The molecule has 0 saturated carbocycles. The van der Waals surface area contributed by atoms with Gasteiger partial charge in [0.15, 0.2) is 11.5 Å². The molecule has 0 fully saturated rings. The van der Waals surface area contributed by atoms with Crippen LogP contribution in [0.15, 0.2) is 18.2 Å². The number of esters is 1. The highest BCUT2D eigenvalue weighted by molar-refractivity contribution is 5.88. The van der Waals surface area contributed by atoms with Gasteiger partial charge in [-0.1, -0.05) is 0 Å². The van der Waals surface area contributed by atoms with Crippen LogP contribution in [0.25, 0.3) is 6.08 Å². The molecule has 19 heavy (non-hydrogen) atoms. The quantitative estimate of drug-likeness (QED) is 0.654. The molecular formula is C14H18O5. The van der Waals surface area contributed by atoms with E-state index in [0.717, 1.165) is 0 Å². The van der Waals surface area contributed by atoms with Crippen molar-refractivity contribution in [3.8, 4) is 17.2 Å². The van der Waals surface area contributed by atoms with Crippen molar-refractivity contribution in [2.24, 2.45) is 0 Å². The molecule has 0 aliphatic rings. The molecule has 0 amide bonds. The maximum Gasteiger partial charge on any atom is 0.331 e. The second kappa shape index (κ2) is 6.68. The van der Waals surface area contributed by atoms with Gasteiger partial charge in [0.2, 0.25) is 5.75 Å². The first-order valence-electron chi connectivity index (χ1n) is 5.82. The average molecular weight is 266 g/mol. The van der Waals surface area contributed by atoms with Crippen LogP contribution < -0.4 is 9.47 Å². The van der Waals surface area contributed by atoms with Gasteiger partial charge >= 0.3 is 5.97 Å². The smallest absolute Gasteiger partial charge is 0.331 e. The molecule has 0 bridgehead atoms. The minimum Gasteiger partial charge on any atom is -0.502 e. The summed E-state index contributed by atoms with van der Waals surface area (Å²) in [6.45, 7) is 3.54. The molecule has 1 rings (SSSR count). The van der Waals surface area contributed by atoms with Gasteiger partial charge in [-0.2, -0.15) is 0 Å². The zero-order valence-electron chi connectivity index (χ0n) is 11.5. The third-order valence-electron chi connectivity index (χ3n) is 2.30. The maximum atomic E-state index is 11.4. The molecule has 0 heterocycles. The van der Waals surface area contributed by atoms with E-state index in [1.807, 2.05) is 0 Å². The summed E-state index contributed by atoms with van der Waals surface area (Å²) < 4.78 is 15.0. The van der Waals surface area contributed by atoms with Gasteiger partial charge in [-0.15, -0.1) is 0 Å². The fourth-order valence-corrected chi connectivity index (χ4v) is 1.51. The van der Waals surface area contributed by atoms with E-state index in [1.54, 1.807) is 26.0 Å². The zero-order valence-corrected chi connectivity index (χ0v) is 11.5. The molecule has 0 saturated heterocycles. The number of hydrogen-bond acceptors (Lipinski definition) is 5. The second-order valence-electron chi connectivity index (χ2n) is 4.06. The Labute approximate surface area is 112 Å². The van der Waals surface area contributed by atoms with Crippen LogP contribution >= 0.6 is 0 Å². The summed E-state index contributed by atoms with van der Waals surface area (Å²) in [6.07, 6.45) is 2.62. The highest BCUT2D eigenvalue weighted by Gasteiger charge is 2.12. The molecule has 104 valence electrons. The molecule has 0 aliphatic heterocycles. The zero-order chi connectivity index (χ0) is 14.4. The van der Waals surface area contributed by atoms with Crippen molar-refractivity contribution in [3.05, 3.63) is 23.8 Å². The van der Waals surface area contributed by atoms with Crippen LogP contribution in [0.1, 0.15) is 19.4 Å². The lowest BCUT2D eigenvalue weighted by molar-refractivity contribution is -0.141. The fraction of sp³-hybridized carbons (Fsp3) is 0.357. The summed E-state index contributed by atoms with van der Waals surface area (Å²) in [5.74, 6) is -0.0107. The normalized spacial score (nSPS) is 10.8. The SMILES string of the molecule is COc1ccc(C=CC(=O)OC(C)C)c(OC)c1O. The van der Waals surface area contributed by atoms with E-state index >= 15 is 0 Å². The number of phenolic OH excluding ortho intramolecular Hbond substituents is 1. The van der Waals surface area contributed by atoms with E-state index in [2.05, 4.69) is 0 Å². The van der Waals surface area contributed by atoms with Crippen molar-refractivity contribution < 1.29 is 24.1 Å². The van der Waals surface area contributed by atoms with Crippen LogP contribution in [0.5, 0.6) is 17.2 Å². The highest BCUT2D eigenvalue weighted by Crippen LogP contribution is 2.39. The van der Waals surface area contributed by atoms with Crippen LogP contribution in [0.3, 0.4) is 0 Å². The van der Waals surface area contributed by atoms with Gasteiger partial charge in [-0.3, -0.25) is 0 Å². The topological polar surface area (TPSA) is 65.0 Å². The number of carbonyl (C=O) groups excluding carboxylic acids is 1. The molecular weight excluding hydrogens is 248 g/mol. The molecule has 0 aromatic heterocycles. The highest BCUT2D eigenvalue weighted by atomic mass is 16.5. The lowest BCUT2D eigenvalue weighted by atomic mass is 10.1. The van der Waals surface area contributed by atoms with Crippen molar-refractivity contribution in [1.29, 1.82) is 0 Å². The summed E-state index contributed by atoms with van der Waals surface area (Å²) >= 11 is 0. The number of phenols is 1. The standard InChI is InChI=1S/C14H18O5/c1-9(2)19-12(15)8-6-10-5-7-11(17-3)13(16)14(10)18-4/h5-9,16H,1-4H3. The van der Waals surface area contributed by atoms with Crippen molar-refractivity contribution in [1.82, 2.24) is 0 Å². The Morgan fingerprint density at radius 3 is 2.47 bits per heavy atom. The lowest BCUT2D eigenvalue weighted by Crippen LogP contribution is -2.08. The summed E-state index contributed by atoms with van der Waals surface area (Å²) in [6, 6.07) is 3.27. The fourth-order valence-electron chi connectivity index (χ4n) is 1.51. The summed E-state index contributed by atoms with van der Waals surface area (Å²) in [7, 11) is 2.88. The van der Waals surface area contributed by atoms with Crippen molar-refractivity contribution in [2.45, 2.75) is 20.0 Å². The van der Waals surface area contributed by atoms with Crippen molar-refractivity contribution in [3.63, 3.8) is 0 Å². The van der Waals surface area contributed by atoms with Gasteiger partial charge in [0.05, 0.1) is 20.3 Å². The largest absolute Gasteiger partial charge is 0.502 e. The van der Waals surface area contributed by atoms with E-state index in [0.29, 0.717) is 11.3 Å². The lowest BCUT2D eigenvalue weighted by Gasteiger charge is -2.10. The molecule has 1 aromatic carbocycles. The van der Waals surface area contributed by atoms with E-state index in [-0.39, 0.29) is 17.6 Å². The Kier molecular flexibility index (Phi) is 5.23. The first-order valence-corrected chi connectivity index (χ1v) is 5.82. The Hall–Kier alpha value is -2.17. The van der Waals surface area contributed by atoms with Gasteiger partial charge in [-0.25, -0.2) is 4.79 Å². The monoisotopic (exact) mass is 266 g/mol. The number of ether oxygens (including phenoxy) is 3. The Morgan fingerprint density at radius 2 is 1.95 bits per heavy atom. The molecule has 0 atom stereocenters. The predicted octanol–water partition coefficient (Wildman–Crippen LogP) is 2.37.